The predicted molar refractivity (Wildman–Crippen MR) is 106 cm³/mol. The van der Waals surface area contributed by atoms with Crippen LogP contribution in [0, 0.1) is 16.0 Å². The lowest BCUT2D eigenvalue weighted by Gasteiger charge is -2.39. The number of nitro benzene ring substituents is 1. The Labute approximate surface area is 165 Å². The topological polar surface area (TPSA) is 94.4 Å². The van der Waals surface area contributed by atoms with E-state index in [0.29, 0.717) is 5.92 Å². The molecule has 1 aromatic carbocycles. The molecule has 0 radical (unpaired) electrons. The molecule has 1 aliphatic heterocycles. The van der Waals surface area contributed by atoms with Gasteiger partial charge in [0, 0.05) is 23.7 Å². The highest BCUT2D eigenvalue weighted by Gasteiger charge is 2.37. The van der Waals surface area contributed by atoms with Gasteiger partial charge in [0.25, 0.3) is 5.69 Å². The molecule has 0 amide bonds. The van der Waals surface area contributed by atoms with Crippen LogP contribution in [0.1, 0.15) is 46.5 Å². The van der Waals surface area contributed by atoms with Gasteiger partial charge < -0.3 is 9.80 Å². The Bertz CT molecular complexity index is 802. The molecule has 3 rings (SSSR count). The Balaban J connectivity index is 1.73. The van der Waals surface area contributed by atoms with Crippen molar-refractivity contribution in [2.45, 2.75) is 46.2 Å². The molecule has 1 aliphatic rings. The molecule has 0 saturated carbocycles. The lowest BCUT2D eigenvalue weighted by molar-refractivity contribution is -0.937. The Morgan fingerprint density at radius 3 is 2.25 bits per heavy atom. The van der Waals surface area contributed by atoms with Crippen LogP contribution in [-0.2, 0) is 5.54 Å². The van der Waals surface area contributed by atoms with E-state index in [1.165, 1.54) is 4.90 Å². The first-order valence-corrected chi connectivity index (χ1v) is 9.81. The van der Waals surface area contributed by atoms with Gasteiger partial charge in [-0.3, -0.25) is 10.1 Å². The van der Waals surface area contributed by atoms with Crippen LogP contribution in [0.5, 0.6) is 0 Å². The predicted octanol–water partition coefficient (Wildman–Crippen LogP) is 1.44. The van der Waals surface area contributed by atoms with Gasteiger partial charge in [0.05, 0.1) is 36.6 Å². The van der Waals surface area contributed by atoms with Crippen LogP contribution in [0.2, 0.25) is 0 Å². The fraction of sp³-hybridized carbons (Fsp3) is 0.632. The third-order valence-corrected chi connectivity index (χ3v) is 5.35. The number of hydrogen-bond acceptors (Lipinski definition) is 6. The van der Waals surface area contributed by atoms with E-state index in [2.05, 4.69) is 55.0 Å². The Kier molecular flexibility index (Phi) is 5.64. The van der Waals surface area contributed by atoms with Gasteiger partial charge in [-0.15, -0.1) is 5.10 Å². The van der Waals surface area contributed by atoms with E-state index < -0.39 is 0 Å². The fourth-order valence-corrected chi connectivity index (χ4v) is 3.97. The van der Waals surface area contributed by atoms with E-state index in [0.717, 1.165) is 37.7 Å². The molecular formula is C19H30N7O2+. The van der Waals surface area contributed by atoms with Gasteiger partial charge in [0.2, 0.25) is 5.82 Å². The zero-order valence-electron chi connectivity index (χ0n) is 17.3. The van der Waals surface area contributed by atoms with Crippen molar-refractivity contribution in [2.75, 3.05) is 31.1 Å². The average molecular weight is 388 g/mol. The van der Waals surface area contributed by atoms with Crippen LogP contribution in [0.25, 0.3) is 0 Å². The van der Waals surface area contributed by atoms with Gasteiger partial charge in [0.1, 0.15) is 0 Å². The maximum atomic E-state index is 10.9. The van der Waals surface area contributed by atoms with Crippen LogP contribution < -0.4 is 9.80 Å². The first-order valence-electron chi connectivity index (χ1n) is 9.81. The maximum absolute atomic E-state index is 10.9. The van der Waals surface area contributed by atoms with E-state index >= 15 is 0 Å². The smallest absolute Gasteiger partial charge is 0.269 e. The largest absolute Gasteiger partial charge is 0.360 e. The molecular weight excluding hydrogens is 358 g/mol. The van der Waals surface area contributed by atoms with Crippen molar-refractivity contribution in [2.24, 2.45) is 5.92 Å². The summed E-state index contributed by atoms with van der Waals surface area (Å²) in [4.78, 5) is 14.3. The Morgan fingerprint density at radius 1 is 1.14 bits per heavy atom. The molecule has 9 heteroatoms. The normalized spacial score (nSPS) is 17.1. The summed E-state index contributed by atoms with van der Waals surface area (Å²) in [7, 11) is 0. The molecule has 2 heterocycles. The molecule has 152 valence electrons. The number of nitrogens with one attached hydrogen (secondary N) is 1. The number of rotatable bonds is 5. The average Bonchev–Trinajstić information content (AvgIpc) is 3.12. The number of tetrazole rings is 1. The van der Waals surface area contributed by atoms with E-state index in [1.54, 1.807) is 12.1 Å². The maximum Gasteiger partial charge on any atom is 0.269 e. The molecule has 1 saturated heterocycles. The molecule has 2 aromatic rings. The highest BCUT2D eigenvalue weighted by molar-refractivity contribution is 5.51. The summed E-state index contributed by atoms with van der Waals surface area (Å²) in [6, 6.07) is 7.05. The van der Waals surface area contributed by atoms with E-state index in [9.17, 15) is 10.1 Å². The third kappa shape index (κ3) is 4.14. The van der Waals surface area contributed by atoms with Gasteiger partial charge in [0.15, 0.2) is 6.04 Å². The second-order valence-corrected chi connectivity index (χ2v) is 8.76. The van der Waals surface area contributed by atoms with Crippen LogP contribution in [-0.4, -0.2) is 51.3 Å². The molecule has 1 aromatic heterocycles. The Morgan fingerprint density at radius 2 is 1.75 bits per heavy atom. The van der Waals surface area contributed by atoms with Gasteiger partial charge in [-0.25, -0.2) is 4.68 Å². The van der Waals surface area contributed by atoms with Gasteiger partial charge in [-0.05, 0) is 43.3 Å². The van der Waals surface area contributed by atoms with Crippen LogP contribution in [0.3, 0.4) is 0 Å². The number of benzene rings is 1. The zero-order chi connectivity index (χ0) is 20.5. The summed E-state index contributed by atoms with van der Waals surface area (Å²) >= 11 is 0. The number of hydrogen-bond donors (Lipinski definition) is 1. The summed E-state index contributed by atoms with van der Waals surface area (Å²) in [5.74, 6) is 1.36. The molecule has 9 nitrogen and oxygen atoms in total. The zero-order valence-corrected chi connectivity index (χ0v) is 17.3. The summed E-state index contributed by atoms with van der Waals surface area (Å²) in [5, 5.41) is 23.4. The van der Waals surface area contributed by atoms with Crippen molar-refractivity contribution < 1.29 is 9.82 Å². The minimum Gasteiger partial charge on any atom is -0.360 e. The summed E-state index contributed by atoms with van der Waals surface area (Å²) in [6.45, 7) is 14.5. The van der Waals surface area contributed by atoms with Crippen LogP contribution in [0.15, 0.2) is 24.3 Å². The number of nitro groups is 1. The number of aromatic nitrogens is 4. The van der Waals surface area contributed by atoms with Gasteiger partial charge in [-0.2, -0.15) is 0 Å². The van der Waals surface area contributed by atoms with E-state index in [4.69, 9.17) is 0 Å². The summed E-state index contributed by atoms with van der Waals surface area (Å²) in [5.41, 5.74) is 0.999. The van der Waals surface area contributed by atoms with Crippen molar-refractivity contribution in [3.8, 4) is 0 Å². The minimum atomic E-state index is -0.363. The molecule has 1 fully saturated rings. The molecule has 1 N–H and O–H groups in total. The first kappa shape index (κ1) is 20.2. The van der Waals surface area contributed by atoms with Crippen LogP contribution in [0.4, 0.5) is 11.4 Å². The monoisotopic (exact) mass is 388 g/mol. The number of nitrogens with zero attached hydrogens (tertiary/aromatic N) is 6. The summed E-state index contributed by atoms with van der Waals surface area (Å²) in [6.07, 6.45) is 0. The number of non-ortho nitro benzene ring substituents is 1. The molecule has 0 spiro atoms. The van der Waals surface area contributed by atoms with Crippen LogP contribution >= 0.6 is 0 Å². The second-order valence-electron chi connectivity index (χ2n) is 8.76. The van der Waals surface area contributed by atoms with Crippen molar-refractivity contribution in [1.29, 1.82) is 0 Å². The van der Waals surface area contributed by atoms with E-state index in [-0.39, 0.29) is 22.2 Å². The lowest BCUT2D eigenvalue weighted by Crippen LogP contribution is -3.15. The lowest BCUT2D eigenvalue weighted by atomic mass is 9.99. The van der Waals surface area contributed by atoms with Crippen molar-refractivity contribution in [3.63, 3.8) is 0 Å². The molecule has 0 aliphatic carbocycles. The first-order chi connectivity index (χ1) is 13.2. The summed E-state index contributed by atoms with van der Waals surface area (Å²) < 4.78 is 1.95. The molecule has 28 heavy (non-hydrogen) atoms. The molecule has 0 bridgehead atoms. The number of anilines is 1. The highest BCUT2D eigenvalue weighted by Crippen LogP contribution is 2.23. The van der Waals surface area contributed by atoms with Crippen molar-refractivity contribution in [3.05, 3.63) is 40.2 Å². The Hall–Kier alpha value is -2.55. The SMILES string of the molecule is CC(C)[C@H](c1nnnn1C(C)(C)C)[NH+]1CCN(c2ccc([N+](=O)[O-])cc2)CC1. The van der Waals surface area contributed by atoms with Crippen molar-refractivity contribution >= 4 is 11.4 Å². The van der Waals surface area contributed by atoms with Gasteiger partial charge >= 0.3 is 0 Å². The third-order valence-electron chi connectivity index (χ3n) is 5.35. The van der Waals surface area contributed by atoms with Gasteiger partial charge in [-0.1, -0.05) is 13.8 Å². The molecule has 0 unspecified atom stereocenters. The highest BCUT2D eigenvalue weighted by atomic mass is 16.6. The number of piperazine rings is 1. The fourth-order valence-electron chi connectivity index (χ4n) is 3.97. The molecule has 1 atom stereocenters. The van der Waals surface area contributed by atoms with Crippen molar-refractivity contribution in [1.82, 2.24) is 20.2 Å². The second kappa shape index (κ2) is 7.83. The standard InChI is InChI=1S/C19H29N7O2/c1-14(2)17(18-20-21-22-25(18)19(3,4)5)24-12-10-23(11-13-24)15-6-8-16(9-7-15)26(27)28/h6-9,14,17H,10-13H2,1-5H3/p+1/t17-/m1/s1. The number of quaternary nitrogens is 1. The minimum absolute atomic E-state index is 0.127. The van der Waals surface area contributed by atoms with E-state index in [1.807, 2.05) is 16.8 Å². The quantitative estimate of drug-likeness (QED) is 0.615.